The van der Waals surface area contributed by atoms with E-state index in [-0.39, 0.29) is 23.3 Å². The Bertz CT molecular complexity index is 759. The molecule has 6 heteroatoms. The third kappa shape index (κ3) is 2.28. The molecule has 2 fully saturated rings. The van der Waals surface area contributed by atoms with E-state index in [4.69, 9.17) is 0 Å². The molecule has 0 bridgehead atoms. The fourth-order valence-corrected chi connectivity index (χ4v) is 4.02. The van der Waals surface area contributed by atoms with Crippen LogP contribution in [0.15, 0.2) is 24.8 Å². The van der Waals surface area contributed by atoms with E-state index in [2.05, 4.69) is 24.0 Å². The Labute approximate surface area is 136 Å². The molecular weight excluding hydrogens is 290 g/mol. The molecule has 122 valence electrons. The molecule has 0 N–H and O–H groups in total. The number of hydrogen-bond acceptors (Lipinski definition) is 3. The summed E-state index contributed by atoms with van der Waals surface area (Å²) in [6.45, 7) is 5.27. The molecule has 1 saturated heterocycles. The summed E-state index contributed by atoms with van der Waals surface area (Å²) in [5.41, 5.74) is 2.43. The van der Waals surface area contributed by atoms with E-state index in [1.807, 2.05) is 48.5 Å². The van der Waals surface area contributed by atoms with Crippen LogP contribution in [-0.4, -0.2) is 36.9 Å². The standard InChI is InChI=1S/C17H23N5O/c1-17(2)10-22(15(17)12-7-19-21(4)9-12)16(23)14-5-13(14)11-6-18-20(3)8-11/h6-9,13-15H,5,10H2,1-4H3/t13-,14+,15?/m0/s1. The van der Waals surface area contributed by atoms with Crippen molar-refractivity contribution in [3.8, 4) is 0 Å². The van der Waals surface area contributed by atoms with Crippen LogP contribution in [0.2, 0.25) is 0 Å². The maximum absolute atomic E-state index is 12.9. The molecule has 23 heavy (non-hydrogen) atoms. The van der Waals surface area contributed by atoms with Crippen LogP contribution in [0, 0.1) is 11.3 Å². The van der Waals surface area contributed by atoms with Crippen molar-refractivity contribution in [2.75, 3.05) is 6.54 Å². The van der Waals surface area contributed by atoms with Crippen molar-refractivity contribution < 1.29 is 4.79 Å². The van der Waals surface area contributed by atoms with Gasteiger partial charge in [0.2, 0.25) is 5.91 Å². The molecule has 2 aliphatic rings. The molecule has 1 aliphatic heterocycles. The van der Waals surface area contributed by atoms with Gasteiger partial charge in [-0.1, -0.05) is 13.8 Å². The first-order valence-corrected chi connectivity index (χ1v) is 8.14. The topological polar surface area (TPSA) is 56.0 Å². The summed E-state index contributed by atoms with van der Waals surface area (Å²) in [4.78, 5) is 15.0. The number of likely N-dealkylation sites (tertiary alicyclic amines) is 1. The van der Waals surface area contributed by atoms with Crippen LogP contribution in [0.4, 0.5) is 0 Å². The second-order valence-corrected chi connectivity index (χ2v) is 7.70. The van der Waals surface area contributed by atoms with Gasteiger partial charge in [-0.15, -0.1) is 0 Å². The molecular formula is C17H23N5O. The Morgan fingerprint density at radius 1 is 1.13 bits per heavy atom. The van der Waals surface area contributed by atoms with Gasteiger partial charge in [-0.2, -0.15) is 10.2 Å². The quantitative estimate of drug-likeness (QED) is 0.869. The second kappa shape index (κ2) is 4.69. The van der Waals surface area contributed by atoms with Crippen LogP contribution in [0.1, 0.15) is 43.4 Å². The smallest absolute Gasteiger partial charge is 0.226 e. The highest BCUT2D eigenvalue weighted by atomic mass is 16.2. The van der Waals surface area contributed by atoms with Gasteiger partial charge in [0, 0.05) is 49.9 Å². The van der Waals surface area contributed by atoms with Crippen molar-refractivity contribution in [3.05, 3.63) is 35.9 Å². The zero-order chi connectivity index (χ0) is 16.4. The molecule has 0 radical (unpaired) electrons. The van der Waals surface area contributed by atoms with Crippen LogP contribution < -0.4 is 0 Å². The van der Waals surface area contributed by atoms with Crippen LogP contribution >= 0.6 is 0 Å². The SMILES string of the molecule is Cn1cc(C2N(C(=O)[C@@H]3C[C@H]3c3cnn(C)c3)CC2(C)C)cn1. The Morgan fingerprint density at radius 3 is 2.26 bits per heavy atom. The number of nitrogens with zero attached hydrogens (tertiary/aromatic N) is 5. The monoisotopic (exact) mass is 313 g/mol. The van der Waals surface area contributed by atoms with Gasteiger partial charge in [0.15, 0.2) is 0 Å². The van der Waals surface area contributed by atoms with Crippen LogP contribution in [0.5, 0.6) is 0 Å². The summed E-state index contributed by atoms with van der Waals surface area (Å²) in [5.74, 6) is 0.746. The number of amides is 1. The number of carbonyl (C=O) groups excluding carboxylic acids is 1. The second-order valence-electron chi connectivity index (χ2n) is 7.70. The maximum Gasteiger partial charge on any atom is 0.226 e. The predicted octanol–water partition coefficient (Wildman–Crippen LogP) is 1.87. The average Bonchev–Trinajstić information content (AvgIpc) is 2.99. The lowest BCUT2D eigenvalue weighted by atomic mass is 9.72. The molecule has 1 saturated carbocycles. The Morgan fingerprint density at radius 2 is 1.74 bits per heavy atom. The van der Waals surface area contributed by atoms with Crippen LogP contribution in [0.25, 0.3) is 0 Å². The molecule has 3 atom stereocenters. The maximum atomic E-state index is 12.9. The molecule has 0 spiro atoms. The zero-order valence-electron chi connectivity index (χ0n) is 14.1. The van der Waals surface area contributed by atoms with E-state index in [0.717, 1.165) is 18.5 Å². The predicted molar refractivity (Wildman–Crippen MR) is 85.5 cm³/mol. The van der Waals surface area contributed by atoms with E-state index in [9.17, 15) is 4.79 Å². The number of rotatable bonds is 3. The van der Waals surface area contributed by atoms with E-state index < -0.39 is 0 Å². The van der Waals surface area contributed by atoms with Gasteiger partial charge in [0.1, 0.15) is 0 Å². The third-order valence-corrected chi connectivity index (χ3v) is 5.21. The molecule has 1 aliphatic carbocycles. The molecule has 6 nitrogen and oxygen atoms in total. The van der Waals surface area contributed by atoms with Crippen molar-refractivity contribution in [2.45, 2.75) is 32.2 Å². The summed E-state index contributed by atoms with van der Waals surface area (Å²) in [6, 6.07) is 0.138. The highest BCUT2D eigenvalue weighted by Crippen LogP contribution is 2.54. The van der Waals surface area contributed by atoms with Gasteiger partial charge in [-0.3, -0.25) is 14.2 Å². The first kappa shape index (κ1) is 14.5. The lowest BCUT2D eigenvalue weighted by Crippen LogP contribution is -2.58. The number of hydrogen-bond donors (Lipinski definition) is 0. The van der Waals surface area contributed by atoms with E-state index in [1.54, 1.807) is 4.68 Å². The van der Waals surface area contributed by atoms with Crippen molar-refractivity contribution >= 4 is 5.91 Å². The first-order chi connectivity index (χ1) is 10.9. The number of aromatic nitrogens is 4. The fourth-order valence-electron chi connectivity index (χ4n) is 4.02. The highest BCUT2D eigenvalue weighted by Gasteiger charge is 2.55. The van der Waals surface area contributed by atoms with Gasteiger partial charge in [0.05, 0.1) is 18.4 Å². The van der Waals surface area contributed by atoms with Crippen LogP contribution in [-0.2, 0) is 18.9 Å². The average molecular weight is 313 g/mol. The zero-order valence-corrected chi connectivity index (χ0v) is 14.1. The highest BCUT2D eigenvalue weighted by molar-refractivity contribution is 5.84. The van der Waals surface area contributed by atoms with Gasteiger partial charge in [0.25, 0.3) is 0 Å². The largest absolute Gasteiger partial charge is 0.334 e. The van der Waals surface area contributed by atoms with Crippen molar-refractivity contribution in [2.24, 2.45) is 25.4 Å². The minimum atomic E-state index is 0.109. The van der Waals surface area contributed by atoms with Gasteiger partial charge >= 0.3 is 0 Å². The van der Waals surface area contributed by atoms with E-state index >= 15 is 0 Å². The minimum Gasteiger partial charge on any atom is -0.334 e. The number of carbonyl (C=O) groups is 1. The summed E-state index contributed by atoms with van der Waals surface area (Å²) < 4.78 is 3.61. The lowest BCUT2D eigenvalue weighted by molar-refractivity contribution is -0.153. The Balaban J connectivity index is 1.51. The van der Waals surface area contributed by atoms with Crippen molar-refractivity contribution in [1.29, 1.82) is 0 Å². The molecule has 0 aromatic carbocycles. The molecule has 2 aromatic rings. The third-order valence-electron chi connectivity index (χ3n) is 5.21. The summed E-state index contributed by atoms with van der Waals surface area (Å²) >= 11 is 0. The van der Waals surface area contributed by atoms with Gasteiger partial charge in [-0.05, 0) is 17.9 Å². The van der Waals surface area contributed by atoms with Gasteiger partial charge in [-0.25, -0.2) is 0 Å². The molecule has 4 rings (SSSR count). The van der Waals surface area contributed by atoms with E-state index in [1.165, 1.54) is 5.56 Å². The lowest BCUT2D eigenvalue weighted by Gasteiger charge is -2.54. The summed E-state index contributed by atoms with van der Waals surface area (Å²) in [6.07, 6.45) is 8.77. The summed E-state index contributed by atoms with van der Waals surface area (Å²) in [5, 5.41) is 8.49. The molecule has 1 amide bonds. The molecule has 3 heterocycles. The first-order valence-electron chi connectivity index (χ1n) is 8.14. The van der Waals surface area contributed by atoms with E-state index in [0.29, 0.717) is 5.92 Å². The van der Waals surface area contributed by atoms with Crippen molar-refractivity contribution in [1.82, 2.24) is 24.5 Å². The molecule has 2 aromatic heterocycles. The normalized spacial score (nSPS) is 28.5. The summed E-state index contributed by atoms with van der Waals surface area (Å²) in [7, 11) is 3.83. The van der Waals surface area contributed by atoms with Crippen LogP contribution in [0.3, 0.4) is 0 Å². The minimum absolute atomic E-state index is 0.109. The Kier molecular flexibility index (Phi) is 2.95. The van der Waals surface area contributed by atoms with Crippen molar-refractivity contribution in [3.63, 3.8) is 0 Å². The fraction of sp³-hybridized carbons (Fsp3) is 0.588. The molecule has 1 unspecified atom stereocenters. The Hall–Kier alpha value is -2.11. The number of aryl methyl sites for hydroxylation is 2. The van der Waals surface area contributed by atoms with Gasteiger partial charge < -0.3 is 4.90 Å².